The number of hydrogen-bond acceptors (Lipinski definition) is 4. The highest BCUT2D eigenvalue weighted by Gasteiger charge is 2.36. The Morgan fingerprint density at radius 2 is 1.74 bits per heavy atom. The van der Waals surface area contributed by atoms with E-state index in [-0.39, 0.29) is 37.5 Å². The summed E-state index contributed by atoms with van der Waals surface area (Å²) in [5.74, 6) is -4.45. The van der Waals surface area contributed by atoms with Crippen LogP contribution < -0.4 is 5.32 Å². The average molecular weight is 531 g/mol. The van der Waals surface area contributed by atoms with E-state index in [1.54, 1.807) is 0 Å². The predicted octanol–water partition coefficient (Wildman–Crippen LogP) is 4.94. The fourth-order valence-corrected chi connectivity index (χ4v) is 5.18. The van der Waals surface area contributed by atoms with Crippen LogP contribution in [0.15, 0.2) is 24.3 Å². The fraction of sp³-hybridized carbons (Fsp3) is 0.483. The molecular formula is C29H33F3N2O4. The summed E-state index contributed by atoms with van der Waals surface area (Å²) in [6.07, 6.45) is 2.80. The van der Waals surface area contributed by atoms with Crippen LogP contribution in [0.5, 0.6) is 0 Å². The predicted molar refractivity (Wildman–Crippen MR) is 134 cm³/mol. The Labute approximate surface area is 220 Å². The molecule has 1 aliphatic carbocycles. The Morgan fingerprint density at radius 3 is 2.39 bits per heavy atom. The van der Waals surface area contributed by atoms with Gasteiger partial charge in [-0.2, -0.15) is 0 Å². The first-order chi connectivity index (χ1) is 18.0. The van der Waals surface area contributed by atoms with Crippen molar-refractivity contribution in [3.8, 4) is 0 Å². The number of carbonyl (C=O) groups excluding carboxylic acids is 3. The van der Waals surface area contributed by atoms with Crippen LogP contribution in [0.25, 0.3) is 0 Å². The lowest BCUT2D eigenvalue weighted by molar-refractivity contribution is -0.149. The quantitative estimate of drug-likeness (QED) is 0.349. The van der Waals surface area contributed by atoms with Crippen molar-refractivity contribution in [1.82, 2.24) is 10.2 Å². The number of esters is 1. The first kappa shape index (κ1) is 27.7. The Hall–Kier alpha value is -3.36. The number of aryl methyl sites for hydroxylation is 3. The summed E-state index contributed by atoms with van der Waals surface area (Å²) in [6, 6.07) is 3.94. The summed E-state index contributed by atoms with van der Waals surface area (Å²) < 4.78 is 47.1. The second kappa shape index (κ2) is 11.6. The van der Waals surface area contributed by atoms with Crippen LogP contribution in [0.2, 0.25) is 0 Å². The minimum atomic E-state index is -1.33. The van der Waals surface area contributed by atoms with Gasteiger partial charge < -0.3 is 15.0 Å². The van der Waals surface area contributed by atoms with E-state index in [4.69, 9.17) is 4.74 Å². The molecule has 0 bridgehead atoms. The van der Waals surface area contributed by atoms with Crippen LogP contribution in [0.4, 0.5) is 13.2 Å². The van der Waals surface area contributed by atoms with Crippen molar-refractivity contribution in [2.45, 2.75) is 84.5 Å². The number of amides is 2. The highest BCUT2D eigenvalue weighted by atomic mass is 19.2. The van der Waals surface area contributed by atoms with Gasteiger partial charge in [0.05, 0.1) is 0 Å². The molecule has 6 nitrogen and oxygen atoms in total. The van der Waals surface area contributed by atoms with Gasteiger partial charge in [-0.25, -0.2) is 18.0 Å². The lowest BCUT2D eigenvalue weighted by Gasteiger charge is -2.26. The van der Waals surface area contributed by atoms with Crippen molar-refractivity contribution in [3.63, 3.8) is 0 Å². The summed E-state index contributed by atoms with van der Waals surface area (Å²) in [5.41, 5.74) is 3.82. The number of nitrogens with one attached hydrogen (secondary N) is 1. The van der Waals surface area contributed by atoms with Crippen LogP contribution in [-0.4, -0.2) is 34.8 Å². The number of halogens is 3. The number of rotatable bonds is 10. The van der Waals surface area contributed by atoms with Gasteiger partial charge in [0.15, 0.2) is 11.6 Å². The van der Waals surface area contributed by atoms with Crippen LogP contribution in [0.3, 0.4) is 0 Å². The molecule has 2 fully saturated rings. The molecule has 1 N–H and O–H groups in total. The second-order valence-corrected chi connectivity index (χ2v) is 10.6. The van der Waals surface area contributed by atoms with E-state index in [1.807, 2.05) is 32.9 Å². The Morgan fingerprint density at radius 1 is 1.05 bits per heavy atom. The molecule has 2 aromatic rings. The van der Waals surface area contributed by atoms with E-state index in [9.17, 15) is 27.6 Å². The summed E-state index contributed by atoms with van der Waals surface area (Å²) in [4.78, 5) is 39.7. The molecule has 4 rings (SSSR count). The third-order valence-electron chi connectivity index (χ3n) is 7.37. The SMILES string of the molecule is Cc1cc(C)c(COC(=O)[C@H](CC2CC2)NC(=O)C[C@@H]2CCC(=O)N2Cc2cc(F)cc(F)c2F)c(C)c1. The maximum atomic E-state index is 14.2. The third-order valence-corrected chi connectivity index (χ3v) is 7.37. The molecule has 0 radical (unpaired) electrons. The van der Waals surface area contributed by atoms with Crippen molar-refractivity contribution in [2.24, 2.45) is 5.92 Å². The third kappa shape index (κ3) is 6.74. The minimum Gasteiger partial charge on any atom is -0.459 e. The summed E-state index contributed by atoms with van der Waals surface area (Å²) in [7, 11) is 0. The normalized spacial score (nSPS) is 18.0. The molecule has 2 aliphatic rings. The zero-order valence-electron chi connectivity index (χ0n) is 21.9. The van der Waals surface area contributed by atoms with Gasteiger partial charge in [-0.05, 0) is 62.3 Å². The molecule has 1 saturated heterocycles. The molecule has 2 atom stereocenters. The van der Waals surface area contributed by atoms with Gasteiger partial charge in [0.1, 0.15) is 18.5 Å². The smallest absolute Gasteiger partial charge is 0.328 e. The molecule has 0 aromatic heterocycles. The first-order valence-electron chi connectivity index (χ1n) is 13.0. The van der Waals surface area contributed by atoms with E-state index >= 15 is 0 Å². The zero-order valence-corrected chi connectivity index (χ0v) is 21.9. The Balaban J connectivity index is 1.39. The molecule has 2 aromatic carbocycles. The molecule has 1 aliphatic heterocycles. The molecule has 38 heavy (non-hydrogen) atoms. The highest BCUT2D eigenvalue weighted by molar-refractivity contribution is 5.86. The molecule has 1 saturated carbocycles. The maximum Gasteiger partial charge on any atom is 0.328 e. The van der Waals surface area contributed by atoms with Crippen LogP contribution in [-0.2, 0) is 32.3 Å². The highest BCUT2D eigenvalue weighted by Crippen LogP contribution is 2.34. The Kier molecular flexibility index (Phi) is 8.43. The zero-order chi connectivity index (χ0) is 27.6. The van der Waals surface area contributed by atoms with Crippen LogP contribution >= 0.6 is 0 Å². The lowest BCUT2D eigenvalue weighted by Crippen LogP contribution is -2.44. The van der Waals surface area contributed by atoms with Gasteiger partial charge in [-0.1, -0.05) is 30.5 Å². The largest absolute Gasteiger partial charge is 0.459 e. The summed E-state index contributed by atoms with van der Waals surface area (Å²) >= 11 is 0. The standard InChI is InChI=1S/C29H33F3N2O4/c1-16-8-17(2)23(18(3)9-16)15-38-29(37)25(10-19-4-5-19)33-26(35)13-22-6-7-27(36)34(22)14-20-11-21(30)12-24(31)28(20)32/h8-9,11-12,19,22,25H,4-7,10,13-15H2,1-3H3,(H,33,35)/t22-,25-/m0/s1. The molecule has 0 unspecified atom stereocenters. The monoisotopic (exact) mass is 530 g/mol. The second-order valence-electron chi connectivity index (χ2n) is 10.6. The van der Waals surface area contributed by atoms with Crippen LogP contribution in [0, 0.1) is 44.1 Å². The van der Waals surface area contributed by atoms with Gasteiger partial charge in [0.2, 0.25) is 11.8 Å². The number of hydrogen-bond donors (Lipinski definition) is 1. The molecule has 2 amide bonds. The number of benzene rings is 2. The number of likely N-dealkylation sites (tertiary alicyclic amines) is 1. The number of carbonyl (C=O) groups is 3. The van der Waals surface area contributed by atoms with Crippen molar-refractivity contribution in [3.05, 3.63) is 69.5 Å². The summed E-state index contributed by atoms with van der Waals surface area (Å²) in [6.45, 7) is 5.69. The van der Waals surface area contributed by atoms with Crippen LogP contribution in [0.1, 0.15) is 66.3 Å². The lowest BCUT2D eigenvalue weighted by atomic mass is 10.0. The van der Waals surface area contributed by atoms with E-state index in [1.165, 1.54) is 4.90 Å². The van der Waals surface area contributed by atoms with E-state index in [0.29, 0.717) is 24.8 Å². The van der Waals surface area contributed by atoms with Crippen molar-refractivity contribution < 1.29 is 32.3 Å². The maximum absolute atomic E-state index is 14.2. The van der Waals surface area contributed by atoms with Gasteiger partial charge >= 0.3 is 5.97 Å². The molecular weight excluding hydrogens is 497 g/mol. The number of nitrogens with zero attached hydrogens (tertiary/aromatic N) is 1. The fourth-order valence-electron chi connectivity index (χ4n) is 5.18. The molecule has 1 heterocycles. The molecule has 9 heteroatoms. The number of ether oxygens (including phenoxy) is 1. The Bertz CT molecular complexity index is 1220. The van der Waals surface area contributed by atoms with E-state index in [0.717, 1.165) is 41.2 Å². The van der Waals surface area contributed by atoms with E-state index < -0.39 is 41.4 Å². The van der Waals surface area contributed by atoms with Gasteiger partial charge in [0.25, 0.3) is 0 Å². The average Bonchev–Trinajstić information content (AvgIpc) is 3.59. The van der Waals surface area contributed by atoms with Gasteiger partial charge in [0, 0.05) is 37.1 Å². The van der Waals surface area contributed by atoms with Crippen molar-refractivity contribution in [1.29, 1.82) is 0 Å². The van der Waals surface area contributed by atoms with Crippen molar-refractivity contribution in [2.75, 3.05) is 0 Å². The van der Waals surface area contributed by atoms with E-state index in [2.05, 4.69) is 5.32 Å². The first-order valence-corrected chi connectivity index (χ1v) is 13.0. The minimum absolute atomic E-state index is 0.106. The van der Waals surface area contributed by atoms with Gasteiger partial charge in [-0.3, -0.25) is 9.59 Å². The summed E-state index contributed by atoms with van der Waals surface area (Å²) in [5, 5.41) is 2.77. The van der Waals surface area contributed by atoms with Gasteiger partial charge in [-0.15, -0.1) is 0 Å². The molecule has 204 valence electrons. The topological polar surface area (TPSA) is 75.7 Å². The molecule has 0 spiro atoms. The van der Waals surface area contributed by atoms with Crippen molar-refractivity contribution >= 4 is 17.8 Å².